The second-order valence-electron chi connectivity index (χ2n) is 8.54. The third-order valence-corrected chi connectivity index (χ3v) is 6.43. The van der Waals surface area contributed by atoms with Crippen LogP contribution in [0.25, 0.3) is 0 Å². The Morgan fingerprint density at radius 2 is 1.09 bits per heavy atom. The van der Waals surface area contributed by atoms with Crippen molar-refractivity contribution < 1.29 is 84.5 Å². The van der Waals surface area contributed by atoms with Gasteiger partial charge in [0.15, 0.2) is 0 Å². The summed E-state index contributed by atoms with van der Waals surface area (Å²) in [6, 6.07) is 8.81. The summed E-state index contributed by atoms with van der Waals surface area (Å²) < 4.78 is 25.6. The molecule has 35 heavy (non-hydrogen) atoms. The SMILES string of the molecule is O=[Se]([O-])[O-].[Cl][Mn][Cl].[Na+].[Na+].c1cc2nc(c1)CN[C@@H]1CCCC[C@H]1NCCN[C@@H]1CCCC[C@H]1NC2. The predicted molar refractivity (Wildman–Crippen MR) is 124 cm³/mol. The van der Waals surface area contributed by atoms with Gasteiger partial charge >= 0.3 is 119 Å². The summed E-state index contributed by atoms with van der Waals surface area (Å²) in [6.07, 6.45) is 10.5. The fourth-order valence-electron chi connectivity index (χ4n) is 4.95. The van der Waals surface area contributed by atoms with E-state index in [2.05, 4.69) is 39.5 Å². The van der Waals surface area contributed by atoms with E-state index in [9.17, 15) is 0 Å². The maximum absolute atomic E-state index is 8.54. The molecule has 1 aliphatic heterocycles. The summed E-state index contributed by atoms with van der Waals surface area (Å²) in [6.45, 7) is 3.89. The molecule has 191 valence electrons. The van der Waals surface area contributed by atoms with Crippen molar-refractivity contribution in [2.24, 2.45) is 0 Å². The first-order valence-corrected chi connectivity index (χ1v) is 16.9. The van der Waals surface area contributed by atoms with Gasteiger partial charge in [-0.2, -0.15) is 0 Å². The van der Waals surface area contributed by atoms with Crippen LogP contribution in [0.1, 0.15) is 62.8 Å². The number of rotatable bonds is 0. The van der Waals surface area contributed by atoms with E-state index in [0.29, 0.717) is 24.2 Å². The maximum atomic E-state index is 8.54. The summed E-state index contributed by atoms with van der Waals surface area (Å²) in [5.74, 6) is 0. The van der Waals surface area contributed by atoms with Gasteiger partial charge in [0, 0.05) is 50.3 Å². The van der Waals surface area contributed by atoms with Gasteiger partial charge in [-0.25, -0.2) is 0 Å². The van der Waals surface area contributed by atoms with E-state index in [4.69, 9.17) is 37.4 Å². The molecule has 1 aromatic heterocycles. The number of pyridine rings is 1. The number of fused-ring (bicyclic) bond motifs is 4. The van der Waals surface area contributed by atoms with Gasteiger partial charge in [0.25, 0.3) is 0 Å². The Kier molecular flexibility index (Phi) is 24.6. The molecule has 0 aromatic carbocycles. The van der Waals surface area contributed by atoms with E-state index in [1.54, 1.807) is 0 Å². The molecule has 4 atom stereocenters. The zero-order valence-electron chi connectivity index (χ0n) is 20.7. The Morgan fingerprint density at radius 1 is 0.771 bits per heavy atom. The van der Waals surface area contributed by atoms with Crippen LogP contribution >= 0.6 is 20.2 Å². The average molecular weight is 656 g/mol. The van der Waals surface area contributed by atoms with Gasteiger partial charge in [0.05, 0.1) is 11.4 Å². The van der Waals surface area contributed by atoms with E-state index in [1.807, 2.05) is 0 Å². The van der Waals surface area contributed by atoms with Crippen LogP contribution in [0.4, 0.5) is 0 Å². The Hall–Kier alpha value is 2.33. The molecule has 8 nitrogen and oxygen atoms in total. The Bertz CT molecular complexity index is 659. The predicted octanol–water partition coefficient (Wildman–Crippen LogP) is -5.42. The molecule has 2 fully saturated rings. The van der Waals surface area contributed by atoms with Crippen molar-refractivity contribution >= 4 is 34.7 Å². The topological polar surface area (TPSA) is 124 Å². The van der Waals surface area contributed by atoms with E-state index in [1.165, 1.54) is 62.8 Å². The third kappa shape index (κ3) is 16.2. The molecule has 2 saturated carbocycles. The zero-order chi connectivity index (χ0) is 23.9. The maximum Gasteiger partial charge on any atom is 1.00 e. The number of halogens is 2. The number of nitrogens with one attached hydrogen (secondary N) is 4. The molecule has 14 heteroatoms. The van der Waals surface area contributed by atoms with Gasteiger partial charge in [0.2, 0.25) is 0 Å². The fraction of sp³-hybridized carbons (Fsp3) is 0.762. The molecule has 0 saturated heterocycles. The average Bonchev–Trinajstić information content (AvgIpc) is 2.81. The van der Waals surface area contributed by atoms with Crippen LogP contribution in [0.15, 0.2) is 18.2 Å². The third-order valence-electron chi connectivity index (χ3n) is 6.43. The van der Waals surface area contributed by atoms with Crippen molar-refractivity contribution in [3.8, 4) is 0 Å². The van der Waals surface area contributed by atoms with Gasteiger partial charge in [-0.3, -0.25) is 4.98 Å². The first-order valence-electron chi connectivity index (χ1n) is 11.6. The number of hydrogen-bond acceptors (Lipinski definition) is 8. The summed E-state index contributed by atoms with van der Waals surface area (Å²) >= 11 is -3.78. The molecule has 0 amide bonds. The monoisotopic (exact) mass is 656 g/mol. The molecule has 2 aliphatic carbocycles. The summed E-state index contributed by atoms with van der Waals surface area (Å²) in [5, 5.41) is 15.2. The van der Waals surface area contributed by atoms with Gasteiger partial charge in [-0.05, 0) is 37.8 Å². The summed E-state index contributed by atoms with van der Waals surface area (Å²) in [7, 11) is 9.59. The molecule has 4 N–H and O–H groups in total. The molecular formula is C21H35Cl2MnN5Na2O3Se. The van der Waals surface area contributed by atoms with Crippen molar-refractivity contribution in [1.29, 1.82) is 0 Å². The van der Waals surface area contributed by atoms with Crippen LogP contribution in [0.5, 0.6) is 0 Å². The first kappa shape index (κ1) is 37.3. The molecule has 0 unspecified atom stereocenters. The van der Waals surface area contributed by atoms with Crippen molar-refractivity contribution in [1.82, 2.24) is 26.3 Å². The van der Waals surface area contributed by atoms with Crippen LogP contribution in [0, 0.1) is 0 Å². The quantitative estimate of drug-likeness (QED) is 0.204. The van der Waals surface area contributed by atoms with E-state index in [-0.39, 0.29) is 72.2 Å². The minimum absolute atomic E-state index is 0. The number of nitrogens with zero attached hydrogens (tertiary/aromatic N) is 1. The minimum Gasteiger partial charge on any atom is -0.311 e. The first-order chi connectivity index (χ1) is 16.0. The van der Waals surface area contributed by atoms with Crippen molar-refractivity contribution in [2.45, 2.75) is 88.6 Å². The second-order valence-corrected chi connectivity index (χ2v) is 11.3. The summed E-state index contributed by atoms with van der Waals surface area (Å²) in [4.78, 5) is 4.89. The van der Waals surface area contributed by atoms with Crippen LogP contribution in [0.2, 0.25) is 0 Å². The standard InChI is InChI=1S/C21H35N5.2ClH.Mn.2Na.H2O3Se/c1-3-10-20-18(8-1)22-12-13-23-19-9-2-4-11-21(19)25-15-17-7-5-6-16(26-17)14-24-20;;;;;;1-4(2)3/h5-7,18-25H,1-4,8-15H2;2*1H;;;;(H2,1,2,3)/q;;;+2;2*+1;/p-4/t18-,19-,20-,21-;;;;;;/m1....../s1. The Labute approximate surface area is 273 Å². The van der Waals surface area contributed by atoms with E-state index < -0.39 is 14.5 Å². The van der Waals surface area contributed by atoms with Crippen molar-refractivity contribution in [3.05, 3.63) is 29.6 Å². The van der Waals surface area contributed by atoms with Gasteiger partial charge in [-0.15, -0.1) is 0 Å². The molecule has 1 aromatic rings. The molecule has 0 spiro atoms. The minimum atomic E-state index is -3.79. The van der Waals surface area contributed by atoms with Crippen molar-refractivity contribution in [3.63, 3.8) is 0 Å². The summed E-state index contributed by atoms with van der Waals surface area (Å²) in [5.41, 5.74) is 2.34. The smallest absolute Gasteiger partial charge is 0.311 e. The van der Waals surface area contributed by atoms with E-state index >= 15 is 0 Å². The Balaban J connectivity index is 0.00000115. The fourth-order valence-corrected chi connectivity index (χ4v) is 4.95. The molecule has 2 heterocycles. The Morgan fingerprint density at radius 3 is 1.43 bits per heavy atom. The molecule has 0 radical (unpaired) electrons. The molecule has 4 rings (SSSR count). The van der Waals surface area contributed by atoms with Gasteiger partial charge in [0.1, 0.15) is 0 Å². The molecule has 3 aliphatic rings. The molecular weight excluding hydrogens is 621 g/mol. The normalized spacial score (nSPS) is 26.8. The molecule has 2 bridgehead atoms. The van der Waals surface area contributed by atoms with Gasteiger partial charge < -0.3 is 21.3 Å². The van der Waals surface area contributed by atoms with Crippen LogP contribution in [-0.4, -0.2) is 56.7 Å². The van der Waals surface area contributed by atoms with Crippen LogP contribution in [0.3, 0.4) is 0 Å². The van der Waals surface area contributed by atoms with Crippen LogP contribution in [-0.2, 0) is 30.1 Å². The van der Waals surface area contributed by atoms with Crippen LogP contribution < -0.4 is 88.8 Å². The largest absolute Gasteiger partial charge is 1.00 e. The van der Waals surface area contributed by atoms with E-state index in [0.717, 1.165) is 26.2 Å². The number of aromatic nitrogens is 1. The van der Waals surface area contributed by atoms with Crippen molar-refractivity contribution in [2.75, 3.05) is 13.1 Å². The van der Waals surface area contributed by atoms with Gasteiger partial charge in [-0.1, -0.05) is 31.7 Å². The second kappa shape index (κ2) is 23.1. The zero-order valence-corrected chi connectivity index (χ0v) is 29.1. The number of hydrogen-bond donors (Lipinski definition) is 4.